The standard InChI is InChI=1S/C17H31F3N4O4S/c1-2-21-16(22-7-3-10-27-12-14-6-11-28-13-14)23-15-4-8-24(9-5-15)29(25,26)17(18,19)20/h14-15H,2-13H2,1H3,(H2,21,22,23). The van der Waals surface area contributed by atoms with Crippen molar-refractivity contribution in [2.24, 2.45) is 10.9 Å². The van der Waals surface area contributed by atoms with Crippen molar-refractivity contribution in [2.45, 2.75) is 44.2 Å². The summed E-state index contributed by atoms with van der Waals surface area (Å²) in [6, 6.07) is -0.133. The van der Waals surface area contributed by atoms with Crippen molar-refractivity contribution in [1.29, 1.82) is 0 Å². The van der Waals surface area contributed by atoms with E-state index in [4.69, 9.17) is 9.47 Å². The molecule has 29 heavy (non-hydrogen) atoms. The number of hydrogen-bond acceptors (Lipinski definition) is 5. The van der Waals surface area contributed by atoms with Crippen molar-refractivity contribution < 1.29 is 31.1 Å². The summed E-state index contributed by atoms with van der Waals surface area (Å²) in [6.45, 7) is 5.64. The topological polar surface area (TPSA) is 92.3 Å². The molecule has 2 aliphatic heterocycles. The Hall–Kier alpha value is -1.11. The molecule has 8 nitrogen and oxygen atoms in total. The molecular weight excluding hydrogens is 413 g/mol. The molecule has 170 valence electrons. The molecule has 1 atom stereocenters. The molecule has 0 aromatic carbocycles. The maximum atomic E-state index is 12.7. The lowest BCUT2D eigenvalue weighted by atomic mass is 10.1. The number of halogens is 3. The zero-order chi connectivity index (χ0) is 21.3. The number of piperidine rings is 1. The van der Waals surface area contributed by atoms with Crippen LogP contribution in [0.5, 0.6) is 0 Å². The van der Waals surface area contributed by atoms with Gasteiger partial charge in [0.15, 0.2) is 5.96 Å². The Balaban J connectivity index is 1.70. The smallest absolute Gasteiger partial charge is 0.381 e. The van der Waals surface area contributed by atoms with Crippen LogP contribution >= 0.6 is 0 Å². The van der Waals surface area contributed by atoms with E-state index in [-0.39, 0.29) is 32.0 Å². The molecule has 0 aromatic heterocycles. The Bertz CT molecular complexity index is 617. The summed E-state index contributed by atoms with van der Waals surface area (Å²) < 4.78 is 72.3. The SMILES string of the molecule is CCNC(=NCCCOCC1CCOC1)NC1CCN(S(=O)(=O)C(F)(F)F)CC1. The summed E-state index contributed by atoms with van der Waals surface area (Å²) in [5.74, 6) is 1.05. The van der Waals surface area contributed by atoms with Gasteiger partial charge in [0.2, 0.25) is 0 Å². The average molecular weight is 445 g/mol. The van der Waals surface area contributed by atoms with Crippen molar-refractivity contribution in [3.63, 3.8) is 0 Å². The third kappa shape index (κ3) is 7.58. The van der Waals surface area contributed by atoms with Crippen molar-refractivity contribution in [3.8, 4) is 0 Å². The average Bonchev–Trinajstić information content (AvgIpc) is 3.17. The molecule has 0 amide bonds. The zero-order valence-corrected chi connectivity index (χ0v) is 17.5. The van der Waals surface area contributed by atoms with E-state index in [0.29, 0.717) is 42.5 Å². The van der Waals surface area contributed by atoms with Crippen molar-refractivity contribution in [3.05, 3.63) is 0 Å². The van der Waals surface area contributed by atoms with Gasteiger partial charge in [-0.3, -0.25) is 4.99 Å². The molecule has 0 radical (unpaired) electrons. The molecule has 1 unspecified atom stereocenters. The van der Waals surface area contributed by atoms with Crippen LogP contribution in [0.15, 0.2) is 4.99 Å². The fraction of sp³-hybridized carbons (Fsp3) is 0.941. The van der Waals surface area contributed by atoms with Crippen molar-refractivity contribution >= 4 is 16.0 Å². The van der Waals surface area contributed by atoms with Crippen LogP contribution in [-0.4, -0.2) is 82.8 Å². The Kier molecular flexibility index (Phi) is 9.44. The summed E-state index contributed by atoms with van der Waals surface area (Å²) in [6.07, 6.45) is 2.36. The highest BCUT2D eigenvalue weighted by Gasteiger charge is 2.50. The second kappa shape index (κ2) is 11.3. The van der Waals surface area contributed by atoms with Crippen LogP contribution in [0.4, 0.5) is 13.2 Å². The largest absolute Gasteiger partial charge is 0.511 e. The van der Waals surface area contributed by atoms with Gasteiger partial charge < -0.3 is 20.1 Å². The second-order valence-electron chi connectivity index (χ2n) is 7.19. The van der Waals surface area contributed by atoms with Gasteiger partial charge in [-0.1, -0.05) is 0 Å². The van der Waals surface area contributed by atoms with E-state index in [1.165, 1.54) is 0 Å². The van der Waals surface area contributed by atoms with Crippen LogP contribution in [0, 0.1) is 5.92 Å². The number of aliphatic imine (C=N–C) groups is 1. The molecule has 0 bridgehead atoms. The van der Waals surface area contributed by atoms with Gasteiger partial charge in [0.1, 0.15) is 0 Å². The van der Waals surface area contributed by atoms with Crippen LogP contribution in [0.1, 0.15) is 32.6 Å². The third-order valence-corrected chi connectivity index (χ3v) is 6.50. The molecule has 2 N–H and O–H groups in total. The molecule has 2 saturated heterocycles. The number of alkyl halides is 3. The first-order valence-electron chi connectivity index (χ1n) is 10.0. The lowest BCUT2D eigenvalue weighted by Gasteiger charge is -2.32. The lowest BCUT2D eigenvalue weighted by molar-refractivity contribution is -0.0494. The number of rotatable bonds is 9. The fourth-order valence-electron chi connectivity index (χ4n) is 3.22. The van der Waals surface area contributed by atoms with Gasteiger partial charge >= 0.3 is 15.5 Å². The number of nitrogens with zero attached hydrogens (tertiary/aromatic N) is 2. The van der Waals surface area contributed by atoms with Gasteiger partial charge in [-0.05, 0) is 32.6 Å². The Morgan fingerprint density at radius 1 is 1.28 bits per heavy atom. The quantitative estimate of drug-likeness (QED) is 0.316. The van der Waals surface area contributed by atoms with E-state index >= 15 is 0 Å². The van der Waals surface area contributed by atoms with Gasteiger partial charge in [-0.25, -0.2) is 8.42 Å². The van der Waals surface area contributed by atoms with Crippen molar-refractivity contribution in [2.75, 3.05) is 52.6 Å². The Morgan fingerprint density at radius 2 is 2.00 bits per heavy atom. The second-order valence-corrected chi connectivity index (χ2v) is 9.12. The molecule has 2 heterocycles. The van der Waals surface area contributed by atoms with Crippen LogP contribution in [0.25, 0.3) is 0 Å². The van der Waals surface area contributed by atoms with E-state index in [1.807, 2.05) is 6.92 Å². The molecule has 0 spiro atoms. The molecule has 2 rings (SSSR count). The molecule has 0 aliphatic carbocycles. The normalized spacial score (nSPS) is 22.8. The summed E-state index contributed by atoms with van der Waals surface area (Å²) in [5, 5.41) is 6.28. The first kappa shape index (κ1) is 24.2. The molecule has 12 heteroatoms. The predicted octanol–water partition coefficient (Wildman–Crippen LogP) is 1.30. The highest BCUT2D eigenvalue weighted by molar-refractivity contribution is 7.90. The van der Waals surface area contributed by atoms with Crippen LogP contribution < -0.4 is 10.6 Å². The van der Waals surface area contributed by atoms with Crippen LogP contribution in [0.2, 0.25) is 0 Å². The fourth-order valence-corrected chi connectivity index (χ4v) is 4.21. The third-order valence-electron chi connectivity index (χ3n) is 4.87. The maximum absolute atomic E-state index is 12.7. The molecule has 2 aliphatic rings. The van der Waals surface area contributed by atoms with Gasteiger partial charge in [0, 0.05) is 51.4 Å². The van der Waals surface area contributed by atoms with Crippen LogP contribution in [-0.2, 0) is 19.5 Å². The van der Waals surface area contributed by atoms with Gasteiger partial charge in [-0.15, -0.1) is 0 Å². The monoisotopic (exact) mass is 444 g/mol. The van der Waals surface area contributed by atoms with E-state index in [1.54, 1.807) is 0 Å². The minimum Gasteiger partial charge on any atom is -0.381 e. The highest BCUT2D eigenvalue weighted by Crippen LogP contribution is 2.28. The number of nitrogens with one attached hydrogen (secondary N) is 2. The van der Waals surface area contributed by atoms with E-state index in [9.17, 15) is 21.6 Å². The van der Waals surface area contributed by atoms with Crippen molar-refractivity contribution in [1.82, 2.24) is 14.9 Å². The minimum atomic E-state index is -5.25. The number of hydrogen-bond donors (Lipinski definition) is 2. The minimum absolute atomic E-state index is 0.133. The van der Waals surface area contributed by atoms with E-state index in [2.05, 4.69) is 15.6 Å². The highest BCUT2D eigenvalue weighted by atomic mass is 32.2. The molecular formula is C17H31F3N4O4S. The molecule has 2 fully saturated rings. The zero-order valence-electron chi connectivity index (χ0n) is 16.7. The number of ether oxygens (including phenoxy) is 2. The number of guanidine groups is 1. The first-order valence-corrected chi connectivity index (χ1v) is 11.4. The Labute approximate surface area is 170 Å². The predicted molar refractivity (Wildman–Crippen MR) is 103 cm³/mol. The molecule has 0 aromatic rings. The lowest BCUT2D eigenvalue weighted by Crippen LogP contribution is -2.51. The summed E-state index contributed by atoms with van der Waals surface area (Å²) >= 11 is 0. The number of sulfonamides is 1. The van der Waals surface area contributed by atoms with E-state index in [0.717, 1.165) is 26.1 Å². The maximum Gasteiger partial charge on any atom is 0.511 e. The van der Waals surface area contributed by atoms with Crippen LogP contribution in [0.3, 0.4) is 0 Å². The van der Waals surface area contributed by atoms with Gasteiger partial charge in [0.25, 0.3) is 0 Å². The Morgan fingerprint density at radius 3 is 2.59 bits per heavy atom. The molecule has 0 saturated carbocycles. The summed E-state index contributed by atoms with van der Waals surface area (Å²) in [7, 11) is -5.25. The van der Waals surface area contributed by atoms with Gasteiger partial charge in [-0.2, -0.15) is 17.5 Å². The van der Waals surface area contributed by atoms with E-state index < -0.39 is 15.5 Å². The summed E-state index contributed by atoms with van der Waals surface area (Å²) in [5.41, 5.74) is -5.25. The van der Waals surface area contributed by atoms with Gasteiger partial charge in [0.05, 0.1) is 13.2 Å². The summed E-state index contributed by atoms with van der Waals surface area (Å²) in [4.78, 5) is 4.46. The first-order chi connectivity index (χ1) is 13.7.